The predicted molar refractivity (Wildman–Crippen MR) is 86.1 cm³/mol. The van der Waals surface area contributed by atoms with Gasteiger partial charge in [-0.15, -0.1) is 6.58 Å². The van der Waals surface area contributed by atoms with Crippen LogP contribution in [0.5, 0.6) is 0 Å². The van der Waals surface area contributed by atoms with Crippen molar-refractivity contribution in [3.63, 3.8) is 0 Å². The molecule has 2 rings (SSSR count). The molecule has 0 amide bonds. The molecule has 1 saturated heterocycles. The molecular weight excluding hydrogens is 290 g/mol. The summed E-state index contributed by atoms with van der Waals surface area (Å²) in [4.78, 5) is 16.6. The molecule has 1 fully saturated rings. The molecule has 1 atom stereocenters. The molecule has 0 spiro atoms. The lowest BCUT2D eigenvalue weighted by Crippen LogP contribution is -2.52. The third kappa shape index (κ3) is 3.84. The number of piperazine rings is 1. The Labute approximate surface area is 130 Å². The number of hydrogen-bond acceptors (Lipinski definition) is 5. The maximum absolute atomic E-state index is 12.0. The Kier molecular flexibility index (Phi) is 5.39. The van der Waals surface area contributed by atoms with E-state index in [-0.39, 0.29) is 10.6 Å². The van der Waals surface area contributed by atoms with Gasteiger partial charge >= 0.3 is 0 Å². The van der Waals surface area contributed by atoms with E-state index in [2.05, 4.69) is 40.9 Å². The summed E-state index contributed by atoms with van der Waals surface area (Å²) in [5, 5.41) is 7.51. The topological polar surface area (TPSA) is 53.4 Å². The number of allylic oxidation sites excluding steroid dienone is 1. The second kappa shape index (κ2) is 7.06. The molecule has 1 N–H and O–H groups in total. The second-order valence-corrected chi connectivity index (χ2v) is 5.80. The summed E-state index contributed by atoms with van der Waals surface area (Å²) in [5.41, 5.74) is 0.291. The number of nitrogens with one attached hydrogen (secondary N) is 1. The summed E-state index contributed by atoms with van der Waals surface area (Å²) < 4.78 is 1.29. The van der Waals surface area contributed by atoms with Gasteiger partial charge in [-0.05, 0) is 14.1 Å². The first-order valence-corrected chi connectivity index (χ1v) is 7.40. The third-order valence-electron chi connectivity index (χ3n) is 3.80. The van der Waals surface area contributed by atoms with Crippen molar-refractivity contribution in [2.45, 2.75) is 12.6 Å². The van der Waals surface area contributed by atoms with Crippen LogP contribution in [0.25, 0.3) is 0 Å². The first kappa shape index (κ1) is 16.0. The molecule has 0 radical (unpaired) electrons. The van der Waals surface area contributed by atoms with Crippen LogP contribution in [-0.4, -0.2) is 65.9 Å². The van der Waals surface area contributed by atoms with E-state index in [0.717, 1.165) is 26.2 Å². The monoisotopic (exact) mass is 311 g/mol. The van der Waals surface area contributed by atoms with Crippen LogP contribution in [0.1, 0.15) is 0 Å². The molecule has 1 aliphatic rings. The quantitative estimate of drug-likeness (QED) is 0.813. The average Bonchev–Trinajstić information content (AvgIpc) is 2.46. The summed E-state index contributed by atoms with van der Waals surface area (Å²) in [7, 11) is 4.23. The van der Waals surface area contributed by atoms with E-state index in [1.165, 1.54) is 4.68 Å². The molecule has 1 unspecified atom stereocenters. The highest BCUT2D eigenvalue weighted by molar-refractivity contribution is 6.32. The van der Waals surface area contributed by atoms with Gasteiger partial charge in [-0.3, -0.25) is 9.69 Å². The summed E-state index contributed by atoms with van der Waals surface area (Å²) in [6.07, 6.45) is 3.21. The highest BCUT2D eigenvalue weighted by Crippen LogP contribution is 2.16. The Bertz CT molecular complexity index is 559. The summed E-state index contributed by atoms with van der Waals surface area (Å²) in [6, 6.07) is 0.385. The standard InChI is InChI=1S/C14H22ClN5O/c1-4-5-20-14(21)13(15)12(9-17-20)16-8-11-10-18(2)6-7-19(11)3/h4,9,11,16H,1,5-8,10H2,2-3H3. The van der Waals surface area contributed by atoms with Gasteiger partial charge in [-0.1, -0.05) is 17.7 Å². The molecule has 0 aliphatic carbocycles. The lowest BCUT2D eigenvalue weighted by atomic mass is 10.2. The minimum atomic E-state index is -0.296. The summed E-state index contributed by atoms with van der Waals surface area (Å²) in [5.74, 6) is 0. The fourth-order valence-corrected chi connectivity index (χ4v) is 2.60. The maximum Gasteiger partial charge on any atom is 0.287 e. The largest absolute Gasteiger partial charge is 0.381 e. The van der Waals surface area contributed by atoms with Gasteiger partial charge in [-0.25, -0.2) is 4.68 Å². The molecule has 0 saturated carbocycles. The number of hydrogen-bond donors (Lipinski definition) is 1. The van der Waals surface area contributed by atoms with E-state index in [1.54, 1.807) is 12.3 Å². The Balaban J connectivity index is 2.05. The van der Waals surface area contributed by atoms with Gasteiger partial charge in [0, 0.05) is 32.2 Å². The minimum Gasteiger partial charge on any atom is -0.381 e. The van der Waals surface area contributed by atoms with Crippen LogP contribution in [0.4, 0.5) is 5.69 Å². The lowest BCUT2D eigenvalue weighted by molar-refractivity contribution is 0.122. The molecule has 0 aromatic carbocycles. The van der Waals surface area contributed by atoms with Gasteiger partial charge in [0.15, 0.2) is 0 Å². The zero-order valence-electron chi connectivity index (χ0n) is 12.5. The van der Waals surface area contributed by atoms with Crippen molar-refractivity contribution in [2.24, 2.45) is 0 Å². The van der Waals surface area contributed by atoms with Crippen molar-refractivity contribution in [1.82, 2.24) is 19.6 Å². The Morgan fingerprint density at radius 3 is 3.00 bits per heavy atom. The molecular formula is C14H22ClN5O. The summed E-state index contributed by atoms with van der Waals surface area (Å²) in [6.45, 7) is 7.78. The Morgan fingerprint density at radius 2 is 2.29 bits per heavy atom. The van der Waals surface area contributed by atoms with Gasteiger partial charge in [0.05, 0.1) is 18.4 Å². The average molecular weight is 312 g/mol. The molecule has 0 bridgehead atoms. The number of nitrogens with zero attached hydrogens (tertiary/aromatic N) is 4. The lowest BCUT2D eigenvalue weighted by Gasteiger charge is -2.37. The summed E-state index contributed by atoms with van der Waals surface area (Å²) >= 11 is 6.12. The van der Waals surface area contributed by atoms with Gasteiger partial charge in [0.2, 0.25) is 0 Å². The van der Waals surface area contributed by atoms with Gasteiger partial charge in [0.25, 0.3) is 5.56 Å². The number of anilines is 1. The van der Waals surface area contributed by atoms with E-state index in [1.807, 2.05) is 0 Å². The first-order valence-electron chi connectivity index (χ1n) is 7.02. The van der Waals surface area contributed by atoms with Crippen molar-refractivity contribution >= 4 is 17.3 Å². The van der Waals surface area contributed by atoms with Gasteiger partial charge in [-0.2, -0.15) is 5.10 Å². The van der Waals surface area contributed by atoms with E-state index in [0.29, 0.717) is 18.3 Å². The normalized spacial score (nSPS) is 20.4. The molecule has 21 heavy (non-hydrogen) atoms. The van der Waals surface area contributed by atoms with Crippen molar-refractivity contribution < 1.29 is 0 Å². The fraction of sp³-hybridized carbons (Fsp3) is 0.571. The minimum absolute atomic E-state index is 0.179. The molecule has 1 aliphatic heterocycles. The fourth-order valence-electron chi connectivity index (χ4n) is 2.39. The highest BCUT2D eigenvalue weighted by atomic mass is 35.5. The van der Waals surface area contributed by atoms with Gasteiger partial charge in [0.1, 0.15) is 5.02 Å². The predicted octanol–water partition coefficient (Wildman–Crippen LogP) is 0.740. The van der Waals surface area contributed by atoms with Crippen LogP contribution in [-0.2, 0) is 6.54 Å². The molecule has 6 nitrogen and oxygen atoms in total. The maximum atomic E-state index is 12.0. The van der Waals surface area contributed by atoms with Crippen LogP contribution in [0, 0.1) is 0 Å². The number of halogens is 1. The molecule has 116 valence electrons. The van der Waals surface area contributed by atoms with Crippen molar-refractivity contribution in [2.75, 3.05) is 45.6 Å². The third-order valence-corrected chi connectivity index (χ3v) is 4.16. The first-order chi connectivity index (χ1) is 10.0. The molecule has 7 heteroatoms. The zero-order valence-corrected chi connectivity index (χ0v) is 13.3. The Morgan fingerprint density at radius 1 is 1.52 bits per heavy atom. The van der Waals surface area contributed by atoms with Crippen molar-refractivity contribution in [3.05, 3.63) is 34.2 Å². The smallest absolute Gasteiger partial charge is 0.287 e. The number of aromatic nitrogens is 2. The van der Waals surface area contributed by atoms with Crippen molar-refractivity contribution in [3.8, 4) is 0 Å². The zero-order chi connectivity index (χ0) is 15.4. The van der Waals surface area contributed by atoms with Crippen LogP contribution in [0.3, 0.4) is 0 Å². The molecule has 1 aromatic heterocycles. The van der Waals surface area contributed by atoms with Crippen LogP contribution in [0.2, 0.25) is 5.02 Å². The second-order valence-electron chi connectivity index (χ2n) is 5.43. The number of likely N-dealkylation sites (N-methyl/N-ethyl adjacent to an activating group) is 2. The van der Waals surface area contributed by atoms with Crippen LogP contribution < -0.4 is 10.9 Å². The number of rotatable bonds is 5. The van der Waals surface area contributed by atoms with E-state index in [9.17, 15) is 4.79 Å². The van der Waals surface area contributed by atoms with E-state index >= 15 is 0 Å². The Hall–Kier alpha value is -1.37. The SMILES string of the molecule is C=CCn1ncc(NCC2CN(C)CCN2C)c(Cl)c1=O. The molecule has 1 aromatic rings. The molecule has 2 heterocycles. The van der Waals surface area contributed by atoms with Crippen molar-refractivity contribution in [1.29, 1.82) is 0 Å². The van der Waals surface area contributed by atoms with Crippen LogP contribution in [0.15, 0.2) is 23.6 Å². The van der Waals surface area contributed by atoms with Crippen LogP contribution >= 0.6 is 11.6 Å². The van der Waals surface area contributed by atoms with E-state index in [4.69, 9.17) is 11.6 Å². The highest BCUT2D eigenvalue weighted by Gasteiger charge is 2.22. The van der Waals surface area contributed by atoms with E-state index < -0.39 is 0 Å². The van der Waals surface area contributed by atoms with Gasteiger partial charge < -0.3 is 10.2 Å².